The maximum Gasteiger partial charge on any atom is 0.481 e. The Hall–Kier alpha value is -3.32. The quantitative estimate of drug-likeness (QED) is 0.0154. The van der Waals surface area contributed by atoms with Crippen LogP contribution in [-0.2, 0) is 46.3 Å². The second kappa shape index (κ2) is 38.3. The van der Waals surface area contributed by atoms with Crippen molar-refractivity contribution in [1.29, 1.82) is 0 Å². The number of aliphatic hydroxyl groups is 3. The number of nitrogen functional groups attached to an aromatic ring is 1. The zero-order valence-corrected chi connectivity index (χ0v) is 43.9. The lowest BCUT2D eigenvalue weighted by Gasteiger charge is -2.21. The van der Waals surface area contributed by atoms with E-state index >= 15 is 0 Å². The van der Waals surface area contributed by atoms with Gasteiger partial charge in [0.15, 0.2) is 12.3 Å². The van der Waals surface area contributed by atoms with Gasteiger partial charge in [-0.25, -0.2) is 13.9 Å². The van der Waals surface area contributed by atoms with Crippen molar-refractivity contribution in [3.05, 3.63) is 71.4 Å². The molecule has 2 unspecified atom stereocenters. The monoisotopic (exact) mass is 1050 g/mol. The molecule has 2 rings (SSSR count). The molecule has 8 atom stereocenters. The molecule has 0 saturated carbocycles. The van der Waals surface area contributed by atoms with Crippen LogP contribution in [0.4, 0.5) is 5.82 Å². The highest BCUT2D eigenvalue weighted by atomic mass is 31.3. The topological polar surface area (TPSA) is 286 Å². The van der Waals surface area contributed by atoms with Crippen LogP contribution >= 0.6 is 15.6 Å². The molecule has 406 valence electrons. The van der Waals surface area contributed by atoms with Crippen molar-refractivity contribution in [1.82, 2.24) is 9.55 Å². The van der Waals surface area contributed by atoms with Crippen LogP contribution in [0.5, 0.6) is 0 Å². The standard InChI is InChI=1S/C50H85N3O16P2/c1-3-5-7-8-9-10-11-12-13-14-19-22-25-28-31-35-46(56)67-42(38-64-45(55)34-30-27-24-21-18-16-15-17-20-23-26-29-33-41(54)32-6-4-2)39-65-70(60,61)69-71(62,63)66-40-43-47(57)48(58)49(68-43)53-37-36-44(51)52-50(53)59/h15-16,20-21,23-24,29,33,36-37,41-43,47-49,54,57-58H,3-14,17-19,22,25-28,30-32,34-35,38-40H2,1-2H3,(H,60,61)(H,62,63)(H2,51,52,59)/b16-15-,23-20-,24-21-,33-29-/t41-,42+,43+,47+,48+,49+/m0/s1. The minimum absolute atomic E-state index is 0.0324. The number of phosphoric acid groups is 2. The Labute approximate surface area is 421 Å². The molecule has 1 aromatic heterocycles. The third kappa shape index (κ3) is 31.1. The van der Waals surface area contributed by atoms with E-state index in [-0.39, 0.29) is 24.8 Å². The van der Waals surface area contributed by atoms with E-state index in [1.54, 1.807) is 0 Å². The Bertz CT molecular complexity index is 1890. The molecular formula is C50H85N3O16P2. The minimum atomic E-state index is -5.44. The highest BCUT2D eigenvalue weighted by Crippen LogP contribution is 2.60. The molecule has 7 N–H and O–H groups in total. The summed E-state index contributed by atoms with van der Waals surface area (Å²) in [6.07, 6.45) is 32.4. The van der Waals surface area contributed by atoms with Crippen molar-refractivity contribution in [2.45, 2.75) is 211 Å². The first-order valence-electron chi connectivity index (χ1n) is 25.7. The lowest BCUT2D eigenvalue weighted by atomic mass is 10.0. The first-order valence-corrected chi connectivity index (χ1v) is 28.7. The Morgan fingerprint density at radius 2 is 1.27 bits per heavy atom. The summed E-state index contributed by atoms with van der Waals surface area (Å²) in [4.78, 5) is 61.9. The van der Waals surface area contributed by atoms with Crippen LogP contribution in [0.15, 0.2) is 65.7 Å². The van der Waals surface area contributed by atoms with E-state index in [0.717, 1.165) is 75.0 Å². The highest BCUT2D eigenvalue weighted by Gasteiger charge is 2.46. The largest absolute Gasteiger partial charge is 0.481 e. The maximum atomic E-state index is 12.9. The van der Waals surface area contributed by atoms with E-state index in [2.05, 4.69) is 41.4 Å². The average molecular weight is 1050 g/mol. The van der Waals surface area contributed by atoms with Crippen molar-refractivity contribution in [2.75, 3.05) is 25.6 Å². The predicted molar refractivity (Wildman–Crippen MR) is 272 cm³/mol. The second-order valence-electron chi connectivity index (χ2n) is 17.8. The SMILES string of the molecule is CCCCCCCCCCCCCCCCCC(=O)O[C@H](COC(=O)CCC/C=C\C/C=C\C/C=C\C/C=C\[C@@H](O)CCCC)COP(=O)(O)OP(=O)(O)OC[C@H]1O[C@@H](n2ccc(N)nc2=O)[C@H](O)[C@@H]1O. The molecule has 1 aromatic rings. The van der Waals surface area contributed by atoms with Gasteiger partial charge in [0.2, 0.25) is 0 Å². The number of aliphatic hydroxyl groups excluding tert-OH is 3. The number of carbonyl (C=O) groups excluding carboxylic acids is 2. The molecule has 0 radical (unpaired) electrons. The van der Waals surface area contributed by atoms with Crippen molar-refractivity contribution < 1.29 is 71.4 Å². The Balaban J connectivity index is 1.82. The fourth-order valence-corrected chi connectivity index (χ4v) is 9.55. The zero-order chi connectivity index (χ0) is 52.2. The summed E-state index contributed by atoms with van der Waals surface area (Å²) >= 11 is 0. The maximum absolute atomic E-state index is 12.9. The van der Waals surface area contributed by atoms with Gasteiger partial charge in [0, 0.05) is 19.0 Å². The summed E-state index contributed by atoms with van der Waals surface area (Å²) < 4.78 is 56.7. The fraction of sp³-hybridized carbons (Fsp3) is 0.720. The molecule has 1 fully saturated rings. The van der Waals surface area contributed by atoms with E-state index in [1.807, 2.05) is 30.4 Å². The van der Waals surface area contributed by atoms with Crippen molar-refractivity contribution in [3.63, 3.8) is 0 Å². The second-order valence-corrected chi connectivity index (χ2v) is 20.9. The molecule has 0 bridgehead atoms. The summed E-state index contributed by atoms with van der Waals surface area (Å²) in [6, 6.07) is 1.24. The third-order valence-electron chi connectivity index (χ3n) is 11.5. The lowest BCUT2D eigenvalue weighted by molar-refractivity contribution is -0.161. The molecule has 0 spiro atoms. The number of nitrogens with two attached hydrogens (primary N) is 1. The molecule has 1 saturated heterocycles. The van der Waals surface area contributed by atoms with Crippen LogP contribution in [0.25, 0.3) is 0 Å². The van der Waals surface area contributed by atoms with Crippen molar-refractivity contribution >= 4 is 33.4 Å². The molecule has 2 heterocycles. The number of unbranched alkanes of at least 4 members (excludes halogenated alkanes) is 16. The van der Waals surface area contributed by atoms with Gasteiger partial charge in [-0.2, -0.15) is 9.29 Å². The Morgan fingerprint density at radius 1 is 0.732 bits per heavy atom. The van der Waals surface area contributed by atoms with Gasteiger partial charge in [0.1, 0.15) is 30.7 Å². The highest BCUT2D eigenvalue weighted by molar-refractivity contribution is 7.61. The molecule has 1 aliphatic heterocycles. The van der Waals surface area contributed by atoms with Crippen LogP contribution in [-0.4, -0.2) is 96.9 Å². The number of aromatic nitrogens is 2. The lowest BCUT2D eigenvalue weighted by Crippen LogP contribution is -2.36. The molecular weight excluding hydrogens is 961 g/mol. The molecule has 71 heavy (non-hydrogen) atoms. The van der Waals surface area contributed by atoms with E-state index in [0.29, 0.717) is 19.3 Å². The summed E-state index contributed by atoms with van der Waals surface area (Å²) in [7, 11) is -10.9. The number of anilines is 1. The van der Waals surface area contributed by atoms with Gasteiger partial charge in [-0.15, -0.1) is 0 Å². The summed E-state index contributed by atoms with van der Waals surface area (Å²) in [5.74, 6) is -1.38. The molecule has 1 aliphatic rings. The van der Waals surface area contributed by atoms with Crippen LogP contribution in [0.3, 0.4) is 0 Å². The number of allylic oxidation sites excluding steroid dienone is 7. The van der Waals surface area contributed by atoms with Gasteiger partial charge in [-0.05, 0) is 51.0 Å². The summed E-state index contributed by atoms with van der Waals surface area (Å²) in [5.41, 5.74) is 4.58. The number of esters is 2. The Kier molecular flexibility index (Phi) is 34.4. The molecule has 0 amide bonds. The number of hydrogen-bond donors (Lipinski definition) is 6. The van der Waals surface area contributed by atoms with Gasteiger partial charge in [-0.3, -0.25) is 23.2 Å². The van der Waals surface area contributed by atoms with Crippen LogP contribution in [0.1, 0.15) is 181 Å². The molecule has 21 heteroatoms. The van der Waals surface area contributed by atoms with Crippen LogP contribution in [0, 0.1) is 0 Å². The van der Waals surface area contributed by atoms with E-state index in [1.165, 1.54) is 70.3 Å². The summed E-state index contributed by atoms with van der Waals surface area (Å²) in [5, 5.41) is 30.8. The molecule has 0 aliphatic carbocycles. The van der Waals surface area contributed by atoms with E-state index in [4.69, 9.17) is 29.0 Å². The molecule has 19 nitrogen and oxygen atoms in total. The van der Waals surface area contributed by atoms with E-state index < -0.39 is 83.7 Å². The fourth-order valence-electron chi connectivity index (χ4n) is 7.44. The third-order valence-corrected chi connectivity index (χ3v) is 14.1. The zero-order valence-electron chi connectivity index (χ0n) is 42.1. The number of hydrogen-bond acceptors (Lipinski definition) is 16. The first-order chi connectivity index (χ1) is 34.1. The van der Waals surface area contributed by atoms with E-state index in [9.17, 15) is 48.6 Å². The van der Waals surface area contributed by atoms with Crippen molar-refractivity contribution in [2.24, 2.45) is 0 Å². The van der Waals surface area contributed by atoms with Gasteiger partial charge in [0.05, 0.1) is 19.3 Å². The van der Waals surface area contributed by atoms with Gasteiger partial charge < -0.3 is 45.1 Å². The smallest absolute Gasteiger partial charge is 0.462 e. The normalized spacial score (nSPS) is 20.0. The van der Waals surface area contributed by atoms with Crippen LogP contribution in [0.2, 0.25) is 0 Å². The van der Waals surface area contributed by atoms with Gasteiger partial charge >= 0.3 is 33.3 Å². The van der Waals surface area contributed by atoms with Crippen molar-refractivity contribution in [3.8, 4) is 0 Å². The minimum Gasteiger partial charge on any atom is -0.462 e. The number of carbonyl (C=O) groups is 2. The van der Waals surface area contributed by atoms with Crippen LogP contribution < -0.4 is 11.4 Å². The van der Waals surface area contributed by atoms with Gasteiger partial charge in [0.25, 0.3) is 0 Å². The first kappa shape index (κ1) is 63.8. The van der Waals surface area contributed by atoms with Gasteiger partial charge in [-0.1, -0.05) is 165 Å². The Morgan fingerprint density at radius 3 is 1.86 bits per heavy atom. The average Bonchev–Trinajstić information content (AvgIpc) is 3.60. The number of nitrogens with zero attached hydrogens (tertiary/aromatic N) is 2. The molecule has 0 aromatic carbocycles. The number of rotatable bonds is 42. The summed E-state index contributed by atoms with van der Waals surface area (Å²) in [6.45, 7) is 1.95. The number of ether oxygens (including phenoxy) is 3. The predicted octanol–water partition coefficient (Wildman–Crippen LogP) is 9.53. The number of phosphoric ester groups is 2.